The van der Waals surface area contributed by atoms with Crippen LogP contribution in [0, 0.1) is 0 Å². The highest BCUT2D eigenvalue weighted by atomic mass is 32.1. The van der Waals surface area contributed by atoms with Crippen LogP contribution in [0.2, 0.25) is 0 Å². The standard InChI is InChI=1S/C11H11F3N2OS/c1-17-8(5-15)10-16-7-4-6(11(12,13)14)2-3-9(7)18-10/h2-4,8H,5,15H2,1H3. The van der Waals surface area contributed by atoms with E-state index < -0.39 is 11.7 Å². The third-order valence-corrected chi connectivity index (χ3v) is 3.63. The fourth-order valence-corrected chi connectivity index (χ4v) is 2.60. The number of methoxy groups -OCH3 is 1. The Hall–Kier alpha value is -1.18. The summed E-state index contributed by atoms with van der Waals surface area (Å²) >= 11 is 1.29. The first-order chi connectivity index (χ1) is 8.45. The van der Waals surface area contributed by atoms with Gasteiger partial charge in [-0.2, -0.15) is 13.2 Å². The van der Waals surface area contributed by atoms with E-state index in [1.165, 1.54) is 24.5 Å². The summed E-state index contributed by atoms with van der Waals surface area (Å²) in [5, 5.41) is 0.592. The number of rotatable bonds is 3. The summed E-state index contributed by atoms with van der Waals surface area (Å²) in [5.41, 5.74) is 5.12. The summed E-state index contributed by atoms with van der Waals surface area (Å²) in [4.78, 5) is 4.14. The fourth-order valence-electron chi connectivity index (χ4n) is 1.56. The number of aromatic nitrogens is 1. The molecule has 2 rings (SSSR count). The van der Waals surface area contributed by atoms with E-state index in [0.717, 1.165) is 12.1 Å². The zero-order chi connectivity index (χ0) is 13.3. The monoisotopic (exact) mass is 276 g/mol. The quantitative estimate of drug-likeness (QED) is 0.937. The summed E-state index contributed by atoms with van der Waals surface area (Å²) in [6.45, 7) is 0.239. The first-order valence-corrected chi connectivity index (χ1v) is 5.98. The number of nitrogens with zero attached hydrogens (tertiary/aromatic N) is 1. The molecule has 1 heterocycles. The second-order valence-electron chi connectivity index (χ2n) is 3.69. The number of ether oxygens (including phenoxy) is 1. The van der Waals surface area contributed by atoms with Gasteiger partial charge in [0.1, 0.15) is 11.1 Å². The normalized spacial score (nSPS) is 14.1. The van der Waals surface area contributed by atoms with E-state index in [0.29, 0.717) is 15.2 Å². The number of alkyl halides is 3. The maximum absolute atomic E-state index is 12.5. The molecule has 2 N–H and O–H groups in total. The highest BCUT2D eigenvalue weighted by Gasteiger charge is 2.31. The molecule has 0 radical (unpaired) electrons. The van der Waals surface area contributed by atoms with Crippen molar-refractivity contribution in [2.24, 2.45) is 5.73 Å². The molecule has 0 aliphatic carbocycles. The van der Waals surface area contributed by atoms with Crippen LogP contribution in [0.15, 0.2) is 18.2 Å². The second-order valence-corrected chi connectivity index (χ2v) is 4.75. The van der Waals surface area contributed by atoms with Gasteiger partial charge in [0.15, 0.2) is 0 Å². The van der Waals surface area contributed by atoms with Crippen LogP contribution in [0.3, 0.4) is 0 Å². The fraction of sp³-hybridized carbons (Fsp3) is 0.364. The maximum Gasteiger partial charge on any atom is 0.416 e. The Morgan fingerprint density at radius 3 is 2.72 bits per heavy atom. The Kier molecular flexibility index (Phi) is 3.56. The topological polar surface area (TPSA) is 48.1 Å². The molecule has 2 aromatic rings. The highest BCUT2D eigenvalue weighted by molar-refractivity contribution is 7.18. The van der Waals surface area contributed by atoms with E-state index >= 15 is 0 Å². The summed E-state index contributed by atoms with van der Waals surface area (Å²) in [7, 11) is 1.49. The van der Waals surface area contributed by atoms with Gasteiger partial charge in [-0.1, -0.05) is 0 Å². The predicted molar refractivity (Wildman–Crippen MR) is 63.4 cm³/mol. The molecule has 0 saturated carbocycles. The lowest BCUT2D eigenvalue weighted by Gasteiger charge is -2.07. The van der Waals surface area contributed by atoms with E-state index in [4.69, 9.17) is 10.5 Å². The van der Waals surface area contributed by atoms with Gasteiger partial charge in [0.05, 0.1) is 15.8 Å². The van der Waals surface area contributed by atoms with Gasteiger partial charge in [-0.25, -0.2) is 4.98 Å². The van der Waals surface area contributed by atoms with Crippen molar-refractivity contribution in [1.29, 1.82) is 0 Å². The van der Waals surface area contributed by atoms with E-state index in [2.05, 4.69) is 4.98 Å². The predicted octanol–water partition coefficient (Wildman–Crippen LogP) is 2.96. The minimum Gasteiger partial charge on any atom is -0.373 e. The average Bonchev–Trinajstić information content (AvgIpc) is 2.71. The molecule has 0 amide bonds. The molecule has 7 heteroatoms. The number of hydrogen-bond donors (Lipinski definition) is 1. The molecule has 3 nitrogen and oxygen atoms in total. The van der Waals surface area contributed by atoms with Gasteiger partial charge in [-0.15, -0.1) is 11.3 Å². The second kappa shape index (κ2) is 4.83. The highest BCUT2D eigenvalue weighted by Crippen LogP contribution is 2.34. The van der Waals surface area contributed by atoms with Crippen molar-refractivity contribution >= 4 is 21.6 Å². The lowest BCUT2D eigenvalue weighted by Crippen LogP contribution is -2.13. The third kappa shape index (κ3) is 2.47. The molecule has 1 aromatic heterocycles. The molecule has 0 bridgehead atoms. The van der Waals surface area contributed by atoms with Crippen molar-refractivity contribution < 1.29 is 17.9 Å². The van der Waals surface area contributed by atoms with E-state index in [9.17, 15) is 13.2 Å². The van der Waals surface area contributed by atoms with Gasteiger partial charge in [0.2, 0.25) is 0 Å². The number of benzene rings is 1. The van der Waals surface area contributed by atoms with Gasteiger partial charge in [0, 0.05) is 13.7 Å². The molecular weight excluding hydrogens is 265 g/mol. The van der Waals surface area contributed by atoms with Crippen molar-refractivity contribution in [3.05, 3.63) is 28.8 Å². The van der Waals surface area contributed by atoms with E-state index in [1.807, 2.05) is 0 Å². The average molecular weight is 276 g/mol. The largest absolute Gasteiger partial charge is 0.416 e. The molecular formula is C11H11F3N2OS. The third-order valence-electron chi connectivity index (χ3n) is 2.51. The van der Waals surface area contributed by atoms with E-state index in [1.54, 1.807) is 0 Å². The number of fused-ring (bicyclic) bond motifs is 1. The summed E-state index contributed by atoms with van der Waals surface area (Å²) in [6, 6.07) is 3.51. The van der Waals surface area contributed by atoms with Crippen LogP contribution in [-0.4, -0.2) is 18.6 Å². The number of thiazole rings is 1. The molecule has 98 valence electrons. The van der Waals surface area contributed by atoms with Crippen LogP contribution in [0.5, 0.6) is 0 Å². The molecule has 1 atom stereocenters. The lowest BCUT2D eigenvalue weighted by molar-refractivity contribution is -0.137. The lowest BCUT2D eigenvalue weighted by atomic mass is 10.2. The molecule has 18 heavy (non-hydrogen) atoms. The van der Waals surface area contributed by atoms with Crippen LogP contribution >= 0.6 is 11.3 Å². The first kappa shape index (κ1) is 13.3. The Morgan fingerprint density at radius 2 is 2.17 bits per heavy atom. The van der Waals surface area contributed by atoms with Gasteiger partial charge >= 0.3 is 6.18 Å². The summed E-state index contributed by atoms with van der Waals surface area (Å²) in [5.74, 6) is 0. The van der Waals surface area contributed by atoms with Crippen molar-refractivity contribution in [1.82, 2.24) is 4.98 Å². The van der Waals surface area contributed by atoms with Gasteiger partial charge < -0.3 is 10.5 Å². The van der Waals surface area contributed by atoms with Gasteiger partial charge in [0.25, 0.3) is 0 Å². The SMILES string of the molecule is COC(CN)c1nc2cc(C(F)(F)F)ccc2s1. The van der Waals surface area contributed by atoms with Gasteiger partial charge in [-0.05, 0) is 18.2 Å². The molecule has 1 unspecified atom stereocenters. The Bertz CT molecular complexity index is 549. The van der Waals surface area contributed by atoms with Crippen LogP contribution in [0.25, 0.3) is 10.2 Å². The smallest absolute Gasteiger partial charge is 0.373 e. The zero-order valence-electron chi connectivity index (χ0n) is 9.49. The van der Waals surface area contributed by atoms with Crippen LogP contribution in [0.1, 0.15) is 16.7 Å². The Labute approximate surface area is 105 Å². The summed E-state index contributed by atoms with van der Waals surface area (Å²) in [6.07, 6.45) is -4.73. The van der Waals surface area contributed by atoms with Crippen LogP contribution < -0.4 is 5.73 Å². The van der Waals surface area contributed by atoms with Crippen molar-refractivity contribution in [3.8, 4) is 0 Å². The number of halogens is 3. The molecule has 0 saturated heterocycles. The number of hydrogen-bond acceptors (Lipinski definition) is 4. The summed E-state index contributed by atoms with van der Waals surface area (Å²) < 4.78 is 43.4. The molecule has 1 aromatic carbocycles. The van der Waals surface area contributed by atoms with Crippen LogP contribution in [0.4, 0.5) is 13.2 Å². The number of nitrogens with two attached hydrogens (primary N) is 1. The molecule has 0 aliphatic rings. The molecule has 0 fully saturated rings. The van der Waals surface area contributed by atoms with Crippen LogP contribution in [-0.2, 0) is 10.9 Å². The minimum atomic E-state index is -4.35. The first-order valence-electron chi connectivity index (χ1n) is 5.16. The minimum absolute atomic E-state index is 0.239. The van der Waals surface area contributed by atoms with Gasteiger partial charge in [-0.3, -0.25) is 0 Å². The van der Waals surface area contributed by atoms with Crippen molar-refractivity contribution in [2.45, 2.75) is 12.3 Å². The Balaban J connectivity index is 2.46. The zero-order valence-corrected chi connectivity index (χ0v) is 10.3. The van der Waals surface area contributed by atoms with Crippen molar-refractivity contribution in [2.75, 3.05) is 13.7 Å². The van der Waals surface area contributed by atoms with E-state index in [-0.39, 0.29) is 12.6 Å². The Morgan fingerprint density at radius 1 is 1.44 bits per heavy atom. The molecule has 0 aliphatic heterocycles. The maximum atomic E-state index is 12.5. The van der Waals surface area contributed by atoms with Crippen molar-refractivity contribution in [3.63, 3.8) is 0 Å². The molecule has 0 spiro atoms.